The Morgan fingerprint density at radius 2 is 1.87 bits per heavy atom. The Morgan fingerprint density at radius 1 is 1.10 bits per heavy atom. The van der Waals surface area contributed by atoms with Crippen molar-refractivity contribution in [2.75, 3.05) is 13.2 Å². The molecular weight excluding hydrogens is 380 g/mol. The Labute approximate surface area is 175 Å². The van der Waals surface area contributed by atoms with Crippen molar-refractivity contribution < 1.29 is 19.1 Å². The number of esters is 1. The molecule has 6 heteroatoms. The summed E-state index contributed by atoms with van der Waals surface area (Å²) in [5, 5.41) is 9.31. The molecule has 0 aliphatic rings. The first-order valence-electron chi connectivity index (χ1n) is 9.78. The Bertz CT molecular complexity index is 1170. The van der Waals surface area contributed by atoms with E-state index >= 15 is 0 Å². The molecule has 0 atom stereocenters. The summed E-state index contributed by atoms with van der Waals surface area (Å²) >= 11 is 0. The molecule has 0 saturated heterocycles. The van der Waals surface area contributed by atoms with Gasteiger partial charge in [-0.1, -0.05) is 17.7 Å². The predicted octanol–water partition coefficient (Wildman–Crippen LogP) is 4.59. The second-order valence-electron chi connectivity index (χ2n) is 7.15. The fourth-order valence-corrected chi connectivity index (χ4v) is 3.62. The number of aromatic nitrogens is 1. The maximum atomic E-state index is 12.8. The van der Waals surface area contributed by atoms with Crippen molar-refractivity contribution in [2.45, 2.75) is 34.1 Å². The third kappa shape index (κ3) is 4.06. The second-order valence-corrected chi connectivity index (χ2v) is 7.15. The number of carbonyl (C=O) groups is 2. The van der Waals surface area contributed by atoms with Gasteiger partial charge in [-0.05, 0) is 57.5 Å². The molecule has 0 radical (unpaired) electrons. The fourth-order valence-electron chi connectivity index (χ4n) is 3.62. The zero-order valence-corrected chi connectivity index (χ0v) is 17.6. The summed E-state index contributed by atoms with van der Waals surface area (Å²) in [5.74, 6) is -0.245. The molecule has 0 fully saturated rings. The van der Waals surface area contributed by atoms with Gasteiger partial charge in [-0.3, -0.25) is 4.79 Å². The zero-order chi connectivity index (χ0) is 21.8. The van der Waals surface area contributed by atoms with Gasteiger partial charge < -0.3 is 14.0 Å². The molecule has 3 rings (SSSR count). The molecule has 1 heterocycles. The van der Waals surface area contributed by atoms with Gasteiger partial charge >= 0.3 is 5.97 Å². The number of hydrogen-bond acceptors (Lipinski definition) is 5. The van der Waals surface area contributed by atoms with Crippen molar-refractivity contribution in [3.63, 3.8) is 0 Å². The average molecular weight is 404 g/mol. The Balaban J connectivity index is 2.16. The first-order chi connectivity index (χ1) is 14.4. The Kier molecular flexibility index (Phi) is 6.22. The highest BCUT2D eigenvalue weighted by Crippen LogP contribution is 2.33. The van der Waals surface area contributed by atoms with Crippen LogP contribution in [0.5, 0.6) is 5.75 Å². The number of nitriles is 1. The number of fused-ring (bicyclic) bond motifs is 1. The van der Waals surface area contributed by atoms with E-state index in [0.717, 1.165) is 28.0 Å². The SMILES string of the molecule is CCOC(=O)c1c(C)n(-c2ccc(C)cc2C)c2ccc(OCC(=O)CC#N)cc12. The minimum Gasteiger partial charge on any atom is -0.486 e. The number of ether oxygens (including phenoxy) is 2. The van der Waals surface area contributed by atoms with Crippen LogP contribution in [0.4, 0.5) is 0 Å². The van der Waals surface area contributed by atoms with Gasteiger partial charge in [-0.25, -0.2) is 4.79 Å². The maximum absolute atomic E-state index is 12.8. The summed E-state index contributed by atoms with van der Waals surface area (Å²) in [5.41, 5.74) is 5.32. The molecule has 0 saturated carbocycles. The topological polar surface area (TPSA) is 81.3 Å². The molecule has 1 aromatic heterocycles. The molecule has 0 aliphatic carbocycles. The van der Waals surface area contributed by atoms with Gasteiger partial charge in [-0.2, -0.15) is 5.26 Å². The van der Waals surface area contributed by atoms with Crippen molar-refractivity contribution >= 4 is 22.7 Å². The minimum absolute atomic E-state index is 0.190. The predicted molar refractivity (Wildman–Crippen MR) is 114 cm³/mol. The maximum Gasteiger partial charge on any atom is 0.340 e. The molecule has 3 aromatic rings. The van der Waals surface area contributed by atoms with Crippen LogP contribution in [0.15, 0.2) is 36.4 Å². The number of hydrogen-bond donors (Lipinski definition) is 0. The molecule has 30 heavy (non-hydrogen) atoms. The van der Waals surface area contributed by atoms with Gasteiger partial charge in [0.15, 0.2) is 5.78 Å². The lowest BCUT2D eigenvalue weighted by Gasteiger charge is -2.13. The van der Waals surface area contributed by atoms with E-state index in [1.807, 2.05) is 49.6 Å². The summed E-state index contributed by atoms with van der Waals surface area (Å²) < 4.78 is 12.9. The van der Waals surface area contributed by atoms with Gasteiger partial charge in [-0.15, -0.1) is 0 Å². The van der Waals surface area contributed by atoms with E-state index in [0.29, 0.717) is 16.7 Å². The standard InChI is InChI=1S/C24H24N2O4/c1-5-29-24(28)23-17(4)26(21-8-6-15(2)12-16(21)3)22-9-7-19(13-20(22)23)30-14-18(27)10-11-25/h6-9,12-13H,5,10,14H2,1-4H3. The van der Waals surface area contributed by atoms with Crippen LogP contribution < -0.4 is 4.74 Å². The number of nitrogens with zero attached hydrogens (tertiary/aromatic N) is 2. The first kappa shape index (κ1) is 21.1. The molecule has 0 N–H and O–H groups in total. The van der Waals surface area contributed by atoms with Gasteiger partial charge in [0.25, 0.3) is 0 Å². The highest BCUT2D eigenvalue weighted by molar-refractivity contribution is 6.07. The van der Waals surface area contributed by atoms with Crippen molar-refractivity contribution in [1.82, 2.24) is 4.57 Å². The largest absolute Gasteiger partial charge is 0.486 e. The summed E-state index contributed by atoms with van der Waals surface area (Å²) in [7, 11) is 0. The zero-order valence-electron chi connectivity index (χ0n) is 17.6. The average Bonchev–Trinajstić information content (AvgIpc) is 2.98. The number of carbonyl (C=O) groups excluding carboxylic acids is 2. The van der Waals surface area contributed by atoms with E-state index in [1.54, 1.807) is 19.1 Å². The van der Waals surface area contributed by atoms with Gasteiger partial charge in [0.1, 0.15) is 12.4 Å². The van der Waals surface area contributed by atoms with Crippen LogP contribution in [0, 0.1) is 32.1 Å². The Morgan fingerprint density at radius 3 is 2.53 bits per heavy atom. The molecule has 0 bridgehead atoms. The quantitative estimate of drug-likeness (QED) is 0.538. The lowest BCUT2D eigenvalue weighted by Crippen LogP contribution is -2.10. The van der Waals surface area contributed by atoms with Gasteiger partial charge in [0.05, 0.1) is 30.2 Å². The number of Topliss-reactive ketones (excluding diaryl/α,β-unsaturated/α-hetero) is 1. The molecule has 6 nitrogen and oxygen atoms in total. The second kappa shape index (κ2) is 8.83. The summed E-state index contributed by atoms with van der Waals surface area (Å²) in [6.45, 7) is 7.82. The van der Waals surface area contributed by atoms with E-state index < -0.39 is 5.97 Å². The van der Waals surface area contributed by atoms with E-state index in [1.165, 1.54) is 0 Å². The van der Waals surface area contributed by atoms with E-state index in [-0.39, 0.29) is 25.4 Å². The highest BCUT2D eigenvalue weighted by Gasteiger charge is 2.23. The molecule has 0 spiro atoms. The van der Waals surface area contributed by atoms with Crippen LogP contribution in [-0.2, 0) is 9.53 Å². The lowest BCUT2D eigenvalue weighted by atomic mass is 10.1. The van der Waals surface area contributed by atoms with Crippen molar-refractivity contribution in [1.29, 1.82) is 5.26 Å². The normalized spacial score (nSPS) is 10.6. The number of benzene rings is 2. The highest BCUT2D eigenvalue weighted by atomic mass is 16.5. The van der Waals surface area contributed by atoms with E-state index in [9.17, 15) is 9.59 Å². The van der Waals surface area contributed by atoms with Crippen LogP contribution in [0.25, 0.3) is 16.6 Å². The third-order valence-corrected chi connectivity index (χ3v) is 4.92. The van der Waals surface area contributed by atoms with Crippen LogP contribution in [0.2, 0.25) is 0 Å². The summed E-state index contributed by atoms with van der Waals surface area (Å²) in [6, 6.07) is 13.4. The fraction of sp³-hybridized carbons (Fsp3) is 0.292. The van der Waals surface area contributed by atoms with Crippen LogP contribution in [0.1, 0.15) is 40.5 Å². The molecule has 0 unspecified atom stereocenters. The number of rotatable bonds is 7. The summed E-state index contributed by atoms with van der Waals surface area (Å²) in [4.78, 5) is 24.4. The molecule has 0 amide bonds. The minimum atomic E-state index is -0.402. The van der Waals surface area contributed by atoms with Crippen molar-refractivity contribution in [3.05, 3.63) is 58.8 Å². The van der Waals surface area contributed by atoms with Crippen molar-refractivity contribution in [2.24, 2.45) is 0 Å². The third-order valence-electron chi connectivity index (χ3n) is 4.92. The molecule has 154 valence electrons. The number of ketones is 1. The van der Waals surface area contributed by atoms with Gasteiger partial charge in [0, 0.05) is 16.8 Å². The molecule has 0 aliphatic heterocycles. The first-order valence-corrected chi connectivity index (χ1v) is 9.78. The van der Waals surface area contributed by atoms with E-state index in [2.05, 4.69) is 6.07 Å². The van der Waals surface area contributed by atoms with Crippen LogP contribution >= 0.6 is 0 Å². The summed E-state index contributed by atoms with van der Waals surface area (Å²) in [6.07, 6.45) is -0.196. The van der Waals surface area contributed by atoms with Crippen molar-refractivity contribution in [3.8, 4) is 17.5 Å². The monoisotopic (exact) mass is 404 g/mol. The van der Waals surface area contributed by atoms with Crippen LogP contribution in [-0.4, -0.2) is 29.5 Å². The lowest BCUT2D eigenvalue weighted by molar-refractivity contribution is -0.120. The number of aryl methyl sites for hydroxylation is 2. The molecule has 2 aromatic carbocycles. The van der Waals surface area contributed by atoms with Gasteiger partial charge in [0.2, 0.25) is 0 Å². The van der Waals surface area contributed by atoms with Crippen LogP contribution in [0.3, 0.4) is 0 Å². The Hall–Kier alpha value is -3.59. The smallest absolute Gasteiger partial charge is 0.340 e. The van der Waals surface area contributed by atoms with E-state index in [4.69, 9.17) is 14.7 Å². The molecular formula is C24H24N2O4.